The molecule has 1 rings (SSSR count). The van der Waals surface area contributed by atoms with E-state index in [9.17, 15) is 24.2 Å². The molecule has 1 aromatic carbocycles. The molecule has 2 unspecified atom stereocenters. The van der Waals surface area contributed by atoms with Crippen molar-refractivity contribution in [3.05, 3.63) is 35.1 Å². The number of alkyl carbamates (subject to hydrolysis) is 1. The standard InChI is InChI=1S/C15H20FNO6/c1-15(2,3)23-14(22)17-7-10(18)12(19)11-8(13(20)21)5-4-6-9(11)16/h4-6,10,12,18-19H,7H2,1-3H3,(H,17,22)(H,20,21). The van der Waals surface area contributed by atoms with Crippen molar-refractivity contribution >= 4 is 12.1 Å². The number of carbonyl (C=O) groups is 2. The smallest absolute Gasteiger partial charge is 0.407 e. The van der Waals surface area contributed by atoms with Crippen LogP contribution in [0.15, 0.2) is 18.2 Å². The summed E-state index contributed by atoms with van der Waals surface area (Å²) < 4.78 is 18.7. The van der Waals surface area contributed by atoms with Crippen molar-refractivity contribution in [3.8, 4) is 0 Å². The minimum atomic E-state index is -1.82. The first kappa shape index (κ1) is 18.9. The van der Waals surface area contributed by atoms with Crippen molar-refractivity contribution in [3.63, 3.8) is 0 Å². The lowest BCUT2D eigenvalue weighted by Gasteiger charge is -2.23. The average molecular weight is 329 g/mol. The summed E-state index contributed by atoms with van der Waals surface area (Å²) in [5.41, 5.74) is -1.75. The number of carbonyl (C=O) groups excluding carboxylic acids is 1. The number of halogens is 1. The van der Waals surface area contributed by atoms with Gasteiger partial charge in [0.05, 0.1) is 5.56 Å². The summed E-state index contributed by atoms with van der Waals surface area (Å²) in [7, 11) is 0. The molecule has 23 heavy (non-hydrogen) atoms. The summed E-state index contributed by atoms with van der Waals surface area (Å²) in [6.45, 7) is 4.51. The predicted octanol–water partition coefficient (Wildman–Crippen LogP) is 1.44. The second-order valence-electron chi connectivity index (χ2n) is 5.90. The van der Waals surface area contributed by atoms with Crippen LogP contribution in [0, 0.1) is 5.82 Å². The molecule has 0 saturated carbocycles. The van der Waals surface area contributed by atoms with Gasteiger partial charge in [-0.3, -0.25) is 0 Å². The van der Waals surface area contributed by atoms with Crippen LogP contribution in [0.3, 0.4) is 0 Å². The summed E-state index contributed by atoms with van der Waals surface area (Å²) in [4.78, 5) is 22.5. The number of hydrogen-bond acceptors (Lipinski definition) is 5. The number of aromatic carboxylic acids is 1. The van der Waals surface area contributed by atoms with Crippen molar-refractivity contribution < 1.29 is 34.0 Å². The van der Waals surface area contributed by atoms with E-state index in [1.165, 1.54) is 6.07 Å². The van der Waals surface area contributed by atoms with E-state index in [0.29, 0.717) is 0 Å². The third kappa shape index (κ3) is 5.50. The number of carboxylic acids is 1. The maximum absolute atomic E-state index is 13.8. The maximum Gasteiger partial charge on any atom is 0.407 e. The van der Waals surface area contributed by atoms with E-state index in [-0.39, 0.29) is 0 Å². The fraction of sp³-hybridized carbons (Fsp3) is 0.467. The van der Waals surface area contributed by atoms with Gasteiger partial charge in [0.1, 0.15) is 23.6 Å². The molecule has 4 N–H and O–H groups in total. The van der Waals surface area contributed by atoms with Crippen LogP contribution < -0.4 is 5.32 Å². The number of ether oxygens (including phenoxy) is 1. The Bertz CT molecular complexity index is 584. The number of amides is 1. The predicted molar refractivity (Wildman–Crippen MR) is 78.6 cm³/mol. The molecule has 1 aromatic rings. The molecular weight excluding hydrogens is 309 g/mol. The topological polar surface area (TPSA) is 116 Å². The minimum absolute atomic E-state index is 0.441. The van der Waals surface area contributed by atoms with Crippen LogP contribution >= 0.6 is 0 Å². The summed E-state index contributed by atoms with van der Waals surface area (Å²) in [5.74, 6) is -2.40. The lowest BCUT2D eigenvalue weighted by atomic mass is 9.98. The van der Waals surface area contributed by atoms with Gasteiger partial charge in [0.25, 0.3) is 0 Å². The summed E-state index contributed by atoms with van der Waals surface area (Å²) in [6, 6.07) is 3.26. The number of hydrogen-bond donors (Lipinski definition) is 4. The van der Waals surface area contributed by atoms with Gasteiger partial charge in [0, 0.05) is 12.1 Å². The van der Waals surface area contributed by atoms with Crippen LogP contribution in [0.5, 0.6) is 0 Å². The molecule has 0 aliphatic rings. The highest BCUT2D eigenvalue weighted by Crippen LogP contribution is 2.24. The van der Waals surface area contributed by atoms with Crippen molar-refractivity contribution in [2.45, 2.75) is 38.6 Å². The Kier molecular flexibility index (Phi) is 6.05. The molecule has 0 spiro atoms. The first-order valence-corrected chi connectivity index (χ1v) is 6.87. The Balaban J connectivity index is 2.80. The second kappa shape index (κ2) is 7.38. The fourth-order valence-electron chi connectivity index (χ4n) is 1.83. The van der Waals surface area contributed by atoms with Crippen LogP contribution in [-0.2, 0) is 4.74 Å². The molecule has 7 nitrogen and oxygen atoms in total. The van der Waals surface area contributed by atoms with Gasteiger partial charge in [-0.2, -0.15) is 0 Å². The number of aliphatic hydroxyl groups is 2. The molecule has 0 heterocycles. The minimum Gasteiger partial charge on any atom is -0.478 e. The Morgan fingerprint density at radius 1 is 1.30 bits per heavy atom. The van der Waals surface area contributed by atoms with E-state index in [0.717, 1.165) is 12.1 Å². The van der Waals surface area contributed by atoms with E-state index in [2.05, 4.69) is 5.32 Å². The highest BCUT2D eigenvalue weighted by molar-refractivity contribution is 5.89. The summed E-state index contributed by atoms with van der Waals surface area (Å²) in [5, 5.41) is 31.1. The van der Waals surface area contributed by atoms with Crippen molar-refractivity contribution in [2.24, 2.45) is 0 Å². The highest BCUT2D eigenvalue weighted by atomic mass is 19.1. The molecule has 2 atom stereocenters. The number of carboxylic acid groups (broad SMARTS) is 1. The highest BCUT2D eigenvalue weighted by Gasteiger charge is 2.27. The van der Waals surface area contributed by atoms with Gasteiger partial charge < -0.3 is 25.4 Å². The first-order chi connectivity index (χ1) is 10.5. The summed E-state index contributed by atoms with van der Waals surface area (Å²) in [6.07, 6.45) is -4.26. The third-order valence-electron chi connectivity index (χ3n) is 2.80. The van der Waals surface area contributed by atoms with Gasteiger partial charge in [0.2, 0.25) is 0 Å². The Morgan fingerprint density at radius 3 is 2.43 bits per heavy atom. The van der Waals surface area contributed by atoms with Crippen molar-refractivity contribution in [2.75, 3.05) is 6.54 Å². The Hall–Kier alpha value is -2.19. The number of aliphatic hydroxyl groups excluding tert-OH is 2. The first-order valence-electron chi connectivity index (χ1n) is 6.87. The normalized spacial score (nSPS) is 14.0. The zero-order valence-corrected chi connectivity index (χ0v) is 13.0. The monoisotopic (exact) mass is 329 g/mol. The van der Waals surface area contributed by atoms with E-state index >= 15 is 0 Å². The van der Waals surface area contributed by atoms with Gasteiger partial charge in [-0.25, -0.2) is 14.0 Å². The molecule has 0 aliphatic carbocycles. The zero-order valence-electron chi connectivity index (χ0n) is 13.0. The van der Waals surface area contributed by atoms with Crippen molar-refractivity contribution in [1.82, 2.24) is 5.32 Å². The van der Waals surface area contributed by atoms with Gasteiger partial charge in [-0.05, 0) is 32.9 Å². The van der Waals surface area contributed by atoms with Crippen molar-refractivity contribution in [1.29, 1.82) is 0 Å². The third-order valence-corrected chi connectivity index (χ3v) is 2.80. The molecule has 0 saturated heterocycles. The van der Waals surface area contributed by atoms with Gasteiger partial charge in [0.15, 0.2) is 0 Å². The van der Waals surface area contributed by atoms with E-state index in [1.54, 1.807) is 20.8 Å². The molecule has 0 radical (unpaired) electrons. The van der Waals surface area contributed by atoms with Gasteiger partial charge in [-0.1, -0.05) is 6.07 Å². The zero-order chi connectivity index (χ0) is 17.8. The number of rotatable bonds is 5. The molecular formula is C15H20FNO6. The number of benzene rings is 1. The largest absolute Gasteiger partial charge is 0.478 e. The van der Waals surface area contributed by atoms with E-state index in [4.69, 9.17) is 9.84 Å². The maximum atomic E-state index is 13.8. The Labute approximate surface area is 132 Å². The van der Waals surface area contributed by atoms with E-state index < -0.39 is 53.4 Å². The van der Waals surface area contributed by atoms with Crippen LogP contribution in [-0.4, -0.2) is 45.6 Å². The molecule has 128 valence electrons. The quantitative estimate of drug-likeness (QED) is 0.649. The molecule has 0 fully saturated rings. The van der Waals surface area contributed by atoms with Crippen LogP contribution in [0.1, 0.15) is 42.8 Å². The van der Waals surface area contributed by atoms with E-state index in [1.807, 2.05) is 0 Å². The van der Waals surface area contributed by atoms with Crippen LogP contribution in [0.4, 0.5) is 9.18 Å². The SMILES string of the molecule is CC(C)(C)OC(=O)NCC(O)C(O)c1c(F)cccc1C(=O)O. The van der Waals surface area contributed by atoms with Crippen LogP contribution in [0.25, 0.3) is 0 Å². The molecule has 0 aromatic heterocycles. The van der Waals surface area contributed by atoms with Crippen LogP contribution in [0.2, 0.25) is 0 Å². The Morgan fingerprint density at radius 2 is 1.91 bits per heavy atom. The molecule has 8 heteroatoms. The molecule has 0 aliphatic heterocycles. The van der Waals surface area contributed by atoms with Gasteiger partial charge >= 0.3 is 12.1 Å². The summed E-state index contributed by atoms with van der Waals surface area (Å²) >= 11 is 0. The lowest BCUT2D eigenvalue weighted by Crippen LogP contribution is -2.39. The van der Waals surface area contributed by atoms with Gasteiger partial charge in [-0.15, -0.1) is 0 Å². The molecule has 1 amide bonds. The molecule has 0 bridgehead atoms. The second-order valence-corrected chi connectivity index (χ2v) is 5.90. The number of nitrogens with one attached hydrogen (secondary N) is 1. The fourth-order valence-corrected chi connectivity index (χ4v) is 1.83. The lowest BCUT2D eigenvalue weighted by molar-refractivity contribution is 0.0104. The average Bonchev–Trinajstić information content (AvgIpc) is 2.41.